The summed E-state index contributed by atoms with van der Waals surface area (Å²) in [5.41, 5.74) is 1.86. The molecular formula is C10H8N6O. The van der Waals surface area contributed by atoms with Crippen molar-refractivity contribution >= 4 is 22.5 Å². The van der Waals surface area contributed by atoms with Crippen LogP contribution in [0.2, 0.25) is 0 Å². The van der Waals surface area contributed by atoms with Gasteiger partial charge in [-0.1, -0.05) is 0 Å². The van der Waals surface area contributed by atoms with E-state index in [0.717, 1.165) is 10.9 Å². The lowest BCUT2D eigenvalue weighted by Gasteiger charge is -2.02. The molecule has 0 radical (unpaired) electrons. The van der Waals surface area contributed by atoms with E-state index in [1.54, 1.807) is 12.3 Å². The fraction of sp³-hybridized carbons (Fsp3) is 0. The highest BCUT2D eigenvalue weighted by Gasteiger charge is 2.09. The first-order valence-corrected chi connectivity index (χ1v) is 4.93. The van der Waals surface area contributed by atoms with Gasteiger partial charge in [0.15, 0.2) is 5.69 Å². The van der Waals surface area contributed by atoms with Gasteiger partial charge in [0.2, 0.25) is 0 Å². The van der Waals surface area contributed by atoms with Crippen LogP contribution in [0.4, 0.5) is 5.69 Å². The van der Waals surface area contributed by atoms with Gasteiger partial charge >= 0.3 is 0 Å². The van der Waals surface area contributed by atoms with E-state index < -0.39 is 0 Å². The first kappa shape index (κ1) is 9.52. The highest BCUT2D eigenvalue weighted by molar-refractivity contribution is 6.03. The number of amides is 1. The molecule has 17 heavy (non-hydrogen) atoms. The van der Waals surface area contributed by atoms with Crippen molar-refractivity contribution in [2.45, 2.75) is 0 Å². The van der Waals surface area contributed by atoms with Gasteiger partial charge in [-0.2, -0.15) is 20.5 Å². The monoisotopic (exact) mass is 228 g/mol. The average molecular weight is 228 g/mol. The summed E-state index contributed by atoms with van der Waals surface area (Å²) < 4.78 is 0. The molecule has 3 N–H and O–H groups in total. The van der Waals surface area contributed by atoms with Gasteiger partial charge in [0.1, 0.15) is 0 Å². The van der Waals surface area contributed by atoms with E-state index in [1.165, 1.54) is 6.20 Å². The summed E-state index contributed by atoms with van der Waals surface area (Å²) in [4.78, 5) is 11.7. The van der Waals surface area contributed by atoms with Gasteiger partial charge in [-0.3, -0.25) is 9.89 Å². The average Bonchev–Trinajstić information content (AvgIpc) is 2.99. The molecule has 0 saturated carbocycles. The van der Waals surface area contributed by atoms with Gasteiger partial charge in [-0.15, -0.1) is 0 Å². The molecule has 2 aromatic heterocycles. The first-order chi connectivity index (χ1) is 8.33. The van der Waals surface area contributed by atoms with Crippen molar-refractivity contribution in [3.63, 3.8) is 0 Å². The number of anilines is 1. The van der Waals surface area contributed by atoms with Crippen LogP contribution in [0.5, 0.6) is 0 Å². The van der Waals surface area contributed by atoms with E-state index in [2.05, 4.69) is 30.9 Å². The molecule has 7 nitrogen and oxygen atoms in total. The molecule has 0 atom stereocenters. The number of aromatic amines is 2. The Bertz CT molecular complexity index is 656. The van der Waals surface area contributed by atoms with Gasteiger partial charge < -0.3 is 5.32 Å². The van der Waals surface area contributed by atoms with Gasteiger partial charge in [-0.05, 0) is 18.2 Å². The minimum Gasteiger partial charge on any atom is -0.321 e. The number of hydrogen-bond acceptors (Lipinski definition) is 4. The highest BCUT2D eigenvalue weighted by Crippen LogP contribution is 2.16. The quantitative estimate of drug-likeness (QED) is 0.607. The molecule has 7 heteroatoms. The van der Waals surface area contributed by atoms with Crippen molar-refractivity contribution < 1.29 is 4.79 Å². The Kier molecular flexibility index (Phi) is 2.08. The summed E-state index contributed by atoms with van der Waals surface area (Å²) in [6.07, 6.45) is 3.06. The van der Waals surface area contributed by atoms with Crippen LogP contribution in [0.15, 0.2) is 30.6 Å². The number of nitrogens with one attached hydrogen (secondary N) is 3. The lowest BCUT2D eigenvalue weighted by atomic mass is 10.2. The number of H-pyrrole nitrogens is 2. The largest absolute Gasteiger partial charge is 0.321 e. The van der Waals surface area contributed by atoms with E-state index in [4.69, 9.17) is 0 Å². The Hall–Kier alpha value is -2.70. The summed E-state index contributed by atoms with van der Waals surface area (Å²) >= 11 is 0. The molecule has 1 aromatic carbocycles. The summed E-state index contributed by atoms with van der Waals surface area (Å²) in [5.74, 6) is -0.304. The number of rotatable bonds is 2. The normalized spacial score (nSPS) is 10.6. The summed E-state index contributed by atoms with van der Waals surface area (Å²) in [7, 11) is 0. The van der Waals surface area contributed by atoms with Crippen LogP contribution in [0, 0.1) is 0 Å². The fourth-order valence-electron chi connectivity index (χ4n) is 1.53. The number of aromatic nitrogens is 5. The smallest absolute Gasteiger partial charge is 0.277 e. The Morgan fingerprint density at radius 2 is 2.18 bits per heavy atom. The highest BCUT2D eigenvalue weighted by atomic mass is 16.2. The lowest BCUT2D eigenvalue weighted by molar-refractivity contribution is 0.102. The number of carbonyl (C=O) groups excluding carboxylic acids is 1. The van der Waals surface area contributed by atoms with Crippen molar-refractivity contribution in [1.29, 1.82) is 0 Å². The molecule has 0 spiro atoms. The third kappa shape index (κ3) is 1.73. The standard InChI is InChI=1S/C10H8N6O/c17-10(9-5-12-16-15-9)13-7-1-2-8-6(3-7)4-11-14-8/h1-5H,(H,11,14)(H,13,17)(H,12,15,16). The maximum Gasteiger partial charge on any atom is 0.277 e. The van der Waals surface area contributed by atoms with Crippen molar-refractivity contribution in [2.75, 3.05) is 5.32 Å². The minimum atomic E-state index is -0.304. The second-order valence-corrected chi connectivity index (χ2v) is 3.48. The second-order valence-electron chi connectivity index (χ2n) is 3.48. The van der Waals surface area contributed by atoms with E-state index in [0.29, 0.717) is 5.69 Å². The fourth-order valence-corrected chi connectivity index (χ4v) is 1.53. The van der Waals surface area contributed by atoms with Crippen molar-refractivity contribution in [3.8, 4) is 0 Å². The van der Waals surface area contributed by atoms with Gasteiger partial charge in [0, 0.05) is 11.1 Å². The SMILES string of the molecule is O=C(Nc1ccc2[nH]ncc2c1)c1cn[nH]n1. The predicted octanol–water partition coefficient (Wildman–Crippen LogP) is 0.933. The minimum absolute atomic E-state index is 0.247. The molecule has 1 amide bonds. The lowest BCUT2D eigenvalue weighted by Crippen LogP contribution is -2.12. The van der Waals surface area contributed by atoms with Crippen molar-refractivity contribution in [2.24, 2.45) is 0 Å². The number of carbonyl (C=O) groups is 1. The van der Waals surface area contributed by atoms with Crippen LogP contribution in [0.3, 0.4) is 0 Å². The predicted molar refractivity (Wildman–Crippen MR) is 60.4 cm³/mol. The van der Waals surface area contributed by atoms with E-state index in [9.17, 15) is 4.79 Å². The van der Waals surface area contributed by atoms with Crippen molar-refractivity contribution in [3.05, 3.63) is 36.3 Å². The maximum atomic E-state index is 11.7. The first-order valence-electron chi connectivity index (χ1n) is 4.93. The second kappa shape index (κ2) is 3.71. The van der Waals surface area contributed by atoms with Gasteiger partial charge in [-0.25, -0.2) is 0 Å². The van der Waals surface area contributed by atoms with Gasteiger partial charge in [0.05, 0.1) is 17.9 Å². The topological polar surface area (TPSA) is 99.4 Å². The zero-order valence-corrected chi connectivity index (χ0v) is 8.64. The zero-order chi connectivity index (χ0) is 11.7. The molecule has 3 rings (SSSR count). The molecule has 3 aromatic rings. The molecule has 0 aliphatic rings. The molecule has 2 heterocycles. The Morgan fingerprint density at radius 3 is 3.00 bits per heavy atom. The molecule has 0 bridgehead atoms. The molecule has 0 aliphatic carbocycles. The number of fused-ring (bicyclic) bond motifs is 1. The molecule has 0 unspecified atom stereocenters. The van der Waals surface area contributed by atoms with Crippen molar-refractivity contribution in [1.82, 2.24) is 25.6 Å². The number of nitrogens with zero attached hydrogens (tertiary/aromatic N) is 3. The van der Waals surface area contributed by atoms with Crippen LogP contribution >= 0.6 is 0 Å². The third-order valence-corrected chi connectivity index (χ3v) is 2.35. The summed E-state index contributed by atoms with van der Waals surface area (Å²) in [6.45, 7) is 0. The molecular weight excluding hydrogens is 220 g/mol. The number of hydrogen-bond donors (Lipinski definition) is 3. The van der Waals surface area contributed by atoms with Crippen LogP contribution < -0.4 is 5.32 Å². The van der Waals surface area contributed by atoms with Crippen LogP contribution in [0.1, 0.15) is 10.5 Å². The van der Waals surface area contributed by atoms with Gasteiger partial charge in [0.25, 0.3) is 5.91 Å². The van der Waals surface area contributed by atoms with Crippen LogP contribution in [-0.2, 0) is 0 Å². The summed E-state index contributed by atoms with van der Waals surface area (Å²) in [5, 5.41) is 20.1. The van der Waals surface area contributed by atoms with Crippen LogP contribution in [0.25, 0.3) is 10.9 Å². The van der Waals surface area contributed by atoms with E-state index in [-0.39, 0.29) is 11.6 Å². The van der Waals surface area contributed by atoms with E-state index in [1.807, 2.05) is 12.1 Å². The third-order valence-electron chi connectivity index (χ3n) is 2.35. The zero-order valence-electron chi connectivity index (χ0n) is 8.64. The summed E-state index contributed by atoms with van der Waals surface area (Å²) in [6, 6.07) is 5.47. The molecule has 0 saturated heterocycles. The molecule has 0 aliphatic heterocycles. The van der Waals surface area contributed by atoms with E-state index >= 15 is 0 Å². The van der Waals surface area contributed by atoms with Crippen LogP contribution in [-0.4, -0.2) is 31.5 Å². The number of benzene rings is 1. The Balaban J connectivity index is 1.87. The molecule has 0 fully saturated rings. The Labute approximate surface area is 95.2 Å². The maximum absolute atomic E-state index is 11.7. The molecule has 84 valence electrons. The Morgan fingerprint density at radius 1 is 1.24 bits per heavy atom.